The molecule has 2 rings (SSSR count). The minimum atomic E-state index is -0.987. The summed E-state index contributed by atoms with van der Waals surface area (Å²) in [5.41, 5.74) is 0. The summed E-state index contributed by atoms with van der Waals surface area (Å²) < 4.78 is 0. The first kappa shape index (κ1) is 15.9. The fourth-order valence-electron chi connectivity index (χ4n) is 2.56. The summed E-state index contributed by atoms with van der Waals surface area (Å²) in [5, 5.41) is 9.16. The number of thioether (sulfide) groups is 1. The van der Waals surface area contributed by atoms with E-state index in [1.54, 1.807) is 11.9 Å². The second kappa shape index (κ2) is 6.13. The molecule has 2 unspecified atom stereocenters. The van der Waals surface area contributed by atoms with Gasteiger partial charge in [-0.05, 0) is 5.92 Å². The van der Waals surface area contributed by atoms with E-state index in [1.807, 2.05) is 13.8 Å². The maximum atomic E-state index is 12.7. The van der Waals surface area contributed by atoms with E-state index in [2.05, 4.69) is 0 Å². The molecule has 0 aromatic rings. The molecule has 0 aromatic heterocycles. The molecule has 7 nitrogen and oxygen atoms in total. The zero-order valence-electron chi connectivity index (χ0n) is 12.5. The smallest absolute Gasteiger partial charge is 0.327 e. The predicted octanol–water partition coefficient (Wildman–Crippen LogP) is 0.365. The number of likely N-dealkylation sites (N-methyl/N-ethyl adjacent to an activating group) is 1. The van der Waals surface area contributed by atoms with Crippen LogP contribution in [0.15, 0.2) is 0 Å². The first-order valence-corrected chi connectivity index (χ1v) is 8.03. The highest BCUT2D eigenvalue weighted by molar-refractivity contribution is 8.00. The molecule has 2 fully saturated rings. The van der Waals surface area contributed by atoms with Gasteiger partial charge in [0.05, 0.1) is 5.37 Å². The number of urea groups is 1. The van der Waals surface area contributed by atoms with E-state index < -0.39 is 12.0 Å². The van der Waals surface area contributed by atoms with Gasteiger partial charge in [-0.3, -0.25) is 9.69 Å². The Hall–Kier alpha value is -1.44. The van der Waals surface area contributed by atoms with Gasteiger partial charge in [0.15, 0.2) is 0 Å². The van der Waals surface area contributed by atoms with Gasteiger partial charge in [-0.2, -0.15) is 0 Å². The van der Waals surface area contributed by atoms with Crippen LogP contribution in [0.2, 0.25) is 0 Å². The third-order valence-electron chi connectivity index (χ3n) is 3.84. The number of nitrogens with zero attached hydrogens (tertiary/aromatic N) is 3. The highest BCUT2D eigenvalue weighted by atomic mass is 32.2. The fourth-order valence-corrected chi connectivity index (χ4v) is 4.02. The number of carbonyl (C=O) groups is 3. The summed E-state index contributed by atoms with van der Waals surface area (Å²) >= 11 is 1.49. The largest absolute Gasteiger partial charge is 0.480 e. The minimum absolute atomic E-state index is 0.0215. The van der Waals surface area contributed by atoms with Crippen molar-refractivity contribution in [2.24, 2.45) is 5.92 Å². The number of aliphatic carboxylic acids is 1. The van der Waals surface area contributed by atoms with Crippen LogP contribution in [-0.4, -0.2) is 81.6 Å². The summed E-state index contributed by atoms with van der Waals surface area (Å²) in [6.07, 6.45) is 0. The van der Waals surface area contributed by atoms with Crippen molar-refractivity contribution in [3.8, 4) is 0 Å². The molecule has 0 aliphatic carbocycles. The Morgan fingerprint density at radius 1 is 1.33 bits per heavy atom. The minimum Gasteiger partial charge on any atom is -0.480 e. The Bertz CT molecular complexity index is 457. The molecule has 0 saturated carbocycles. The van der Waals surface area contributed by atoms with E-state index in [-0.39, 0.29) is 29.8 Å². The molecule has 2 aliphatic heterocycles. The van der Waals surface area contributed by atoms with Crippen LogP contribution >= 0.6 is 11.8 Å². The fraction of sp³-hybridized carbons (Fsp3) is 0.769. The molecule has 2 saturated heterocycles. The molecule has 2 aliphatic rings. The third-order valence-corrected chi connectivity index (χ3v) is 5.46. The average molecular weight is 315 g/mol. The Kier molecular flexibility index (Phi) is 4.65. The number of carboxylic acid groups (broad SMARTS) is 1. The van der Waals surface area contributed by atoms with Crippen LogP contribution in [0.3, 0.4) is 0 Å². The Labute approximate surface area is 128 Å². The van der Waals surface area contributed by atoms with Crippen molar-refractivity contribution in [3.05, 3.63) is 0 Å². The van der Waals surface area contributed by atoms with Crippen molar-refractivity contribution in [2.75, 3.05) is 32.4 Å². The lowest BCUT2D eigenvalue weighted by atomic mass is 10.1. The maximum Gasteiger partial charge on any atom is 0.327 e. The molecule has 21 heavy (non-hydrogen) atoms. The summed E-state index contributed by atoms with van der Waals surface area (Å²) in [7, 11) is 1.70. The molecule has 0 radical (unpaired) electrons. The highest BCUT2D eigenvalue weighted by Gasteiger charge is 2.45. The van der Waals surface area contributed by atoms with Gasteiger partial charge < -0.3 is 14.9 Å². The first-order valence-electron chi connectivity index (χ1n) is 6.98. The molecule has 0 spiro atoms. The van der Waals surface area contributed by atoms with E-state index in [4.69, 9.17) is 0 Å². The van der Waals surface area contributed by atoms with Crippen LogP contribution in [-0.2, 0) is 9.59 Å². The number of piperazine rings is 1. The zero-order valence-corrected chi connectivity index (χ0v) is 13.3. The standard InChI is InChI=1S/C13H21N3O4S/c1-8(2)11-16(9(7-21-11)12(18)19)13(20)15-5-4-14(3)10(17)6-15/h8-9,11H,4-7H2,1-3H3,(H,18,19). The van der Waals surface area contributed by atoms with Gasteiger partial charge in [-0.15, -0.1) is 11.8 Å². The zero-order chi connectivity index (χ0) is 15.7. The van der Waals surface area contributed by atoms with Gasteiger partial charge in [-0.1, -0.05) is 13.8 Å². The van der Waals surface area contributed by atoms with Crippen LogP contribution < -0.4 is 0 Å². The number of carboxylic acids is 1. The van der Waals surface area contributed by atoms with Crippen LogP contribution in [0, 0.1) is 5.92 Å². The molecule has 2 atom stereocenters. The number of rotatable bonds is 2. The summed E-state index contributed by atoms with van der Waals surface area (Å²) in [6.45, 7) is 4.89. The van der Waals surface area contributed by atoms with Crippen molar-refractivity contribution in [2.45, 2.75) is 25.3 Å². The quantitative estimate of drug-likeness (QED) is 0.796. The highest BCUT2D eigenvalue weighted by Crippen LogP contribution is 2.35. The Balaban J connectivity index is 2.17. The summed E-state index contributed by atoms with van der Waals surface area (Å²) in [4.78, 5) is 40.3. The lowest BCUT2D eigenvalue weighted by Crippen LogP contribution is -2.58. The van der Waals surface area contributed by atoms with Gasteiger partial charge >= 0.3 is 12.0 Å². The molecule has 2 heterocycles. The second-order valence-corrected chi connectivity index (χ2v) is 6.90. The summed E-state index contributed by atoms with van der Waals surface area (Å²) in [6, 6.07) is -1.16. The van der Waals surface area contributed by atoms with Crippen molar-refractivity contribution < 1.29 is 19.5 Å². The van der Waals surface area contributed by atoms with E-state index in [1.165, 1.54) is 21.6 Å². The van der Waals surface area contributed by atoms with Gasteiger partial charge in [-0.25, -0.2) is 9.59 Å². The summed E-state index contributed by atoms with van der Waals surface area (Å²) in [5.74, 6) is -0.550. The SMILES string of the molecule is CC(C)C1SCC(C(=O)O)N1C(=O)N1CCN(C)C(=O)C1. The maximum absolute atomic E-state index is 12.7. The monoisotopic (exact) mass is 315 g/mol. The van der Waals surface area contributed by atoms with Crippen molar-refractivity contribution in [3.63, 3.8) is 0 Å². The lowest BCUT2D eigenvalue weighted by Gasteiger charge is -2.38. The topological polar surface area (TPSA) is 81.2 Å². The molecular formula is C13H21N3O4S. The number of amides is 3. The average Bonchev–Trinajstić information content (AvgIpc) is 2.86. The lowest BCUT2D eigenvalue weighted by molar-refractivity contribution is -0.141. The number of hydrogen-bond acceptors (Lipinski definition) is 4. The molecule has 0 bridgehead atoms. The number of hydrogen-bond donors (Lipinski definition) is 1. The van der Waals surface area contributed by atoms with Crippen LogP contribution in [0.5, 0.6) is 0 Å². The van der Waals surface area contributed by atoms with Gasteiger partial charge in [0.25, 0.3) is 0 Å². The second-order valence-electron chi connectivity index (χ2n) is 5.75. The van der Waals surface area contributed by atoms with E-state index in [0.717, 1.165) is 0 Å². The Morgan fingerprint density at radius 3 is 2.52 bits per heavy atom. The van der Waals surface area contributed by atoms with E-state index in [9.17, 15) is 19.5 Å². The number of carbonyl (C=O) groups excluding carboxylic acids is 2. The third kappa shape index (κ3) is 3.09. The van der Waals surface area contributed by atoms with E-state index in [0.29, 0.717) is 18.8 Å². The Morgan fingerprint density at radius 2 is 2.00 bits per heavy atom. The van der Waals surface area contributed by atoms with E-state index >= 15 is 0 Å². The van der Waals surface area contributed by atoms with Crippen molar-refractivity contribution >= 4 is 29.7 Å². The molecule has 8 heteroatoms. The van der Waals surface area contributed by atoms with Crippen molar-refractivity contribution in [1.82, 2.24) is 14.7 Å². The molecule has 0 aromatic carbocycles. The van der Waals surface area contributed by atoms with Crippen LogP contribution in [0.25, 0.3) is 0 Å². The molecular weight excluding hydrogens is 294 g/mol. The first-order chi connectivity index (χ1) is 9.82. The molecule has 1 N–H and O–H groups in total. The normalized spacial score (nSPS) is 26.7. The van der Waals surface area contributed by atoms with Crippen LogP contribution in [0.4, 0.5) is 4.79 Å². The van der Waals surface area contributed by atoms with Crippen LogP contribution in [0.1, 0.15) is 13.8 Å². The van der Waals surface area contributed by atoms with Gasteiger partial charge in [0.2, 0.25) is 5.91 Å². The molecule has 118 valence electrons. The van der Waals surface area contributed by atoms with Gasteiger partial charge in [0, 0.05) is 25.9 Å². The van der Waals surface area contributed by atoms with Gasteiger partial charge in [0.1, 0.15) is 12.6 Å². The predicted molar refractivity (Wildman–Crippen MR) is 79.0 cm³/mol. The molecule has 3 amide bonds. The van der Waals surface area contributed by atoms with Crippen molar-refractivity contribution in [1.29, 1.82) is 0 Å².